The summed E-state index contributed by atoms with van der Waals surface area (Å²) in [6.07, 6.45) is 0.449. The van der Waals surface area contributed by atoms with E-state index in [0.717, 1.165) is 27.7 Å². The van der Waals surface area contributed by atoms with Crippen molar-refractivity contribution in [1.82, 2.24) is 9.55 Å². The molecule has 4 aromatic carbocycles. The third-order valence-corrected chi connectivity index (χ3v) is 8.59. The van der Waals surface area contributed by atoms with E-state index in [0.29, 0.717) is 6.61 Å². The molecule has 3 heterocycles. The van der Waals surface area contributed by atoms with Gasteiger partial charge in [-0.15, -0.1) is 0 Å². The summed E-state index contributed by atoms with van der Waals surface area (Å²) >= 11 is 0. The molecule has 0 spiro atoms. The van der Waals surface area contributed by atoms with Crippen molar-refractivity contribution in [2.45, 2.75) is 63.6 Å². The first kappa shape index (κ1) is 27.0. The van der Waals surface area contributed by atoms with Gasteiger partial charge in [0.2, 0.25) is 0 Å². The van der Waals surface area contributed by atoms with Crippen LogP contribution in [0.1, 0.15) is 47.9 Å². The lowest BCUT2D eigenvalue weighted by molar-refractivity contribution is -0.204. The van der Waals surface area contributed by atoms with Crippen molar-refractivity contribution in [1.29, 1.82) is 0 Å². The maximum Gasteiger partial charge on any atom is 0.165 e. The molecule has 1 aromatic heterocycles. The van der Waals surface area contributed by atoms with Gasteiger partial charge in [0, 0.05) is 0 Å². The molecule has 2 saturated heterocycles. The molecular weight excluding hydrogens is 524 g/mol. The molecule has 2 fully saturated rings. The van der Waals surface area contributed by atoms with Gasteiger partial charge in [0.05, 0.1) is 24.0 Å². The van der Waals surface area contributed by atoms with Crippen molar-refractivity contribution >= 4 is 11.0 Å². The van der Waals surface area contributed by atoms with E-state index in [1.165, 1.54) is 11.1 Å². The van der Waals surface area contributed by atoms with E-state index in [1.54, 1.807) is 0 Å². The molecule has 0 saturated carbocycles. The van der Waals surface area contributed by atoms with Gasteiger partial charge in [0.15, 0.2) is 12.0 Å². The molecule has 6 heteroatoms. The van der Waals surface area contributed by atoms with Crippen molar-refractivity contribution < 1.29 is 18.9 Å². The minimum Gasteiger partial charge on any atom is -0.358 e. The van der Waals surface area contributed by atoms with Gasteiger partial charge in [-0.25, -0.2) is 4.98 Å². The van der Waals surface area contributed by atoms with E-state index in [4.69, 9.17) is 23.9 Å². The van der Waals surface area contributed by atoms with Gasteiger partial charge in [-0.1, -0.05) is 91.0 Å². The van der Waals surface area contributed by atoms with Crippen molar-refractivity contribution in [2.24, 2.45) is 0 Å². The van der Waals surface area contributed by atoms with Crippen LogP contribution in [0.25, 0.3) is 11.0 Å². The lowest BCUT2D eigenvalue weighted by Gasteiger charge is -2.37. The van der Waals surface area contributed by atoms with Crippen LogP contribution in [0.4, 0.5) is 0 Å². The van der Waals surface area contributed by atoms with Gasteiger partial charge in [0.25, 0.3) is 0 Å². The van der Waals surface area contributed by atoms with Crippen molar-refractivity contribution in [2.75, 3.05) is 6.61 Å². The molecule has 5 aromatic rings. The van der Waals surface area contributed by atoms with E-state index >= 15 is 0 Å². The van der Waals surface area contributed by atoms with Crippen LogP contribution in [0.5, 0.6) is 0 Å². The average molecular weight is 561 g/mol. The second kappa shape index (κ2) is 10.5. The zero-order valence-electron chi connectivity index (χ0n) is 24.4. The summed E-state index contributed by atoms with van der Waals surface area (Å²) in [6, 6.07) is 35.5. The Bertz CT molecular complexity index is 1590. The zero-order chi connectivity index (χ0) is 28.9. The summed E-state index contributed by atoms with van der Waals surface area (Å²) in [5.74, 6) is -0.742. The fourth-order valence-electron chi connectivity index (χ4n) is 6.48. The molecular formula is C36H36N2O4. The number of aryl methyl sites for hydroxylation is 2. The minimum absolute atomic E-state index is 0.292. The van der Waals surface area contributed by atoms with Gasteiger partial charge in [-0.2, -0.15) is 0 Å². The predicted molar refractivity (Wildman–Crippen MR) is 162 cm³/mol. The molecule has 0 unspecified atom stereocenters. The Labute approximate surface area is 246 Å². The Morgan fingerprint density at radius 3 is 1.86 bits per heavy atom. The topological polar surface area (TPSA) is 54.7 Å². The standard InChI is InChI=1S/C36H36N2O4/c1-24-20-29-30(21-25(24)2)38(23-37-29)34-33-32(41-35(3,4)42-33)31(40-34)22-39-36(26-14-8-5-9-15-26,27-16-10-6-11-17-27)28-18-12-7-13-19-28/h5-21,23,31-34H,22H2,1-4H3/t31-,32-,33-,34+/m1/s1. The van der Waals surface area contributed by atoms with Crippen LogP contribution >= 0.6 is 0 Å². The molecule has 2 aliphatic heterocycles. The summed E-state index contributed by atoms with van der Waals surface area (Å²) in [7, 11) is 0. The number of rotatable bonds is 7. The summed E-state index contributed by atoms with van der Waals surface area (Å²) < 4.78 is 29.0. The Morgan fingerprint density at radius 2 is 1.29 bits per heavy atom. The fraction of sp³-hybridized carbons (Fsp3) is 0.306. The molecule has 4 atom stereocenters. The number of imidazole rings is 1. The molecule has 0 aliphatic carbocycles. The predicted octanol–water partition coefficient (Wildman–Crippen LogP) is 7.08. The highest BCUT2D eigenvalue weighted by Gasteiger charge is 2.56. The highest BCUT2D eigenvalue weighted by atomic mass is 16.8. The minimum atomic E-state index is -0.855. The highest BCUT2D eigenvalue weighted by Crippen LogP contribution is 2.46. The molecule has 214 valence electrons. The first-order valence-electron chi connectivity index (χ1n) is 14.6. The fourth-order valence-corrected chi connectivity index (χ4v) is 6.48. The lowest BCUT2D eigenvalue weighted by Crippen LogP contribution is -2.39. The van der Waals surface area contributed by atoms with Gasteiger partial charge in [-0.05, 0) is 67.6 Å². The number of nitrogens with zero attached hydrogens (tertiary/aromatic N) is 2. The lowest BCUT2D eigenvalue weighted by atomic mass is 9.80. The summed E-state index contributed by atoms with van der Waals surface area (Å²) in [5.41, 5.74) is 6.66. The number of fused-ring (bicyclic) bond motifs is 2. The molecule has 0 amide bonds. The van der Waals surface area contributed by atoms with E-state index in [-0.39, 0.29) is 18.3 Å². The number of benzene rings is 4. The normalized spacial score (nSPS) is 23.3. The maximum absolute atomic E-state index is 7.15. The van der Waals surface area contributed by atoms with Gasteiger partial charge < -0.3 is 23.5 Å². The largest absolute Gasteiger partial charge is 0.358 e. The summed E-state index contributed by atoms with van der Waals surface area (Å²) in [6.45, 7) is 8.44. The first-order chi connectivity index (χ1) is 20.4. The third kappa shape index (κ3) is 4.56. The first-order valence-corrected chi connectivity index (χ1v) is 14.6. The number of hydrogen-bond acceptors (Lipinski definition) is 5. The Balaban J connectivity index is 1.28. The monoisotopic (exact) mass is 560 g/mol. The SMILES string of the molecule is Cc1cc2ncn([C@H]3O[C@H](COC(c4ccccc4)(c4ccccc4)c4ccccc4)[C@H]4OC(C)(C)O[C@H]43)c2cc1C. The van der Waals surface area contributed by atoms with Crippen LogP contribution in [0.2, 0.25) is 0 Å². The number of ether oxygens (including phenoxy) is 4. The van der Waals surface area contributed by atoms with E-state index < -0.39 is 17.6 Å². The number of aromatic nitrogens is 2. The summed E-state index contributed by atoms with van der Waals surface area (Å²) in [4.78, 5) is 4.70. The van der Waals surface area contributed by atoms with Crippen LogP contribution in [-0.2, 0) is 24.5 Å². The Hall–Kier alpha value is -3.81. The van der Waals surface area contributed by atoms with Crippen molar-refractivity contribution in [3.8, 4) is 0 Å². The molecule has 7 rings (SSSR count). The van der Waals surface area contributed by atoms with Crippen LogP contribution in [0.15, 0.2) is 109 Å². The molecule has 0 N–H and O–H groups in total. The number of hydrogen-bond donors (Lipinski definition) is 0. The zero-order valence-corrected chi connectivity index (χ0v) is 24.4. The Kier molecular flexibility index (Phi) is 6.75. The van der Waals surface area contributed by atoms with Crippen LogP contribution in [-0.4, -0.2) is 40.3 Å². The maximum atomic E-state index is 7.15. The van der Waals surface area contributed by atoms with Crippen molar-refractivity contribution in [3.63, 3.8) is 0 Å². The van der Waals surface area contributed by atoms with Gasteiger partial charge >= 0.3 is 0 Å². The third-order valence-electron chi connectivity index (χ3n) is 8.59. The highest BCUT2D eigenvalue weighted by molar-refractivity contribution is 5.77. The van der Waals surface area contributed by atoms with Crippen molar-refractivity contribution in [3.05, 3.63) is 137 Å². The average Bonchev–Trinajstić information content (AvgIpc) is 3.65. The second-order valence-electron chi connectivity index (χ2n) is 11.8. The van der Waals surface area contributed by atoms with E-state index in [2.05, 4.69) is 103 Å². The van der Waals surface area contributed by atoms with Gasteiger partial charge in [0.1, 0.15) is 23.9 Å². The second-order valence-corrected chi connectivity index (χ2v) is 11.8. The summed E-state index contributed by atoms with van der Waals surface area (Å²) in [5, 5.41) is 0. The molecule has 42 heavy (non-hydrogen) atoms. The quantitative estimate of drug-likeness (QED) is 0.199. The molecule has 6 nitrogen and oxygen atoms in total. The van der Waals surface area contributed by atoms with Crippen LogP contribution < -0.4 is 0 Å². The van der Waals surface area contributed by atoms with E-state index in [1.807, 2.05) is 38.4 Å². The smallest absolute Gasteiger partial charge is 0.165 e. The molecule has 0 bridgehead atoms. The Morgan fingerprint density at radius 1 is 0.762 bits per heavy atom. The van der Waals surface area contributed by atoms with E-state index in [9.17, 15) is 0 Å². The molecule has 2 aliphatic rings. The van der Waals surface area contributed by atoms with Crippen LogP contribution in [0, 0.1) is 13.8 Å². The van der Waals surface area contributed by atoms with Crippen LogP contribution in [0.3, 0.4) is 0 Å². The molecule has 0 radical (unpaired) electrons. The van der Waals surface area contributed by atoms with Gasteiger partial charge in [-0.3, -0.25) is 0 Å².